The third kappa shape index (κ3) is 10.2. The summed E-state index contributed by atoms with van der Waals surface area (Å²) in [5, 5.41) is 2.97. The summed E-state index contributed by atoms with van der Waals surface area (Å²) in [6.07, 6.45) is 6.52. The molecular formula is C14H29NO2. The first-order chi connectivity index (χ1) is 7.89. The highest BCUT2D eigenvalue weighted by Crippen LogP contribution is 2.11. The van der Waals surface area contributed by atoms with Gasteiger partial charge in [0, 0.05) is 6.04 Å². The molecule has 0 aliphatic heterocycles. The Bertz CT molecular complexity index is 209. The lowest BCUT2D eigenvalue weighted by Crippen LogP contribution is -2.39. The molecule has 0 saturated carbocycles. The van der Waals surface area contributed by atoms with E-state index in [4.69, 9.17) is 4.74 Å². The number of hydrogen-bond donors (Lipinski definition) is 1. The first kappa shape index (κ1) is 16.3. The SMILES string of the molecule is CCCCCC(CCC)NC(=O)OC(C)(C)C. The first-order valence-electron chi connectivity index (χ1n) is 6.88. The van der Waals surface area contributed by atoms with Crippen molar-refractivity contribution in [1.29, 1.82) is 0 Å². The van der Waals surface area contributed by atoms with Crippen LogP contribution in [0.4, 0.5) is 4.79 Å². The lowest BCUT2D eigenvalue weighted by atomic mass is 10.0. The predicted molar refractivity (Wildman–Crippen MR) is 72.2 cm³/mol. The Morgan fingerprint density at radius 3 is 2.24 bits per heavy atom. The number of ether oxygens (including phenoxy) is 1. The van der Waals surface area contributed by atoms with Gasteiger partial charge in [-0.15, -0.1) is 0 Å². The maximum absolute atomic E-state index is 11.6. The van der Waals surface area contributed by atoms with Crippen LogP contribution in [0.25, 0.3) is 0 Å². The third-order valence-corrected chi connectivity index (χ3v) is 2.51. The normalized spacial score (nSPS) is 13.2. The van der Waals surface area contributed by atoms with Crippen LogP contribution < -0.4 is 5.32 Å². The van der Waals surface area contributed by atoms with Crippen LogP contribution in [0, 0.1) is 0 Å². The summed E-state index contributed by atoms with van der Waals surface area (Å²) in [4.78, 5) is 11.6. The summed E-state index contributed by atoms with van der Waals surface area (Å²) in [6.45, 7) is 10.00. The molecule has 0 aromatic rings. The second kappa shape index (κ2) is 8.37. The van der Waals surface area contributed by atoms with Crippen LogP contribution >= 0.6 is 0 Å². The lowest BCUT2D eigenvalue weighted by Gasteiger charge is -2.23. The van der Waals surface area contributed by atoms with Crippen LogP contribution in [-0.2, 0) is 4.74 Å². The van der Waals surface area contributed by atoms with E-state index in [-0.39, 0.29) is 12.1 Å². The number of carbonyl (C=O) groups is 1. The van der Waals surface area contributed by atoms with Gasteiger partial charge in [0.25, 0.3) is 0 Å². The average molecular weight is 243 g/mol. The summed E-state index contributed by atoms with van der Waals surface area (Å²) in [7, 11) is 0. The van der Waals surface area contributed by atoms with Crippen molar-refractivity contribution in [3.8, 4) is 0 Å². The number of nitrogens with one attached hydrogen (secondary N) is 1. The fourth-order valence-corrected chi connectivity index (χ4v) is 1.75. The van der Waals surface area contributed by atoms with E-state index in [2.05, 4.69) is 19.2 Å². The Balaban J connectivity index is 4.01. The summed E-state index contributed by atoms with van der Waals surface area (Å²) < 4.78 is 5.27. The van der Waals surface area contributed by atoms with Gasteiger partial charge in [-0.25, -0.2) is 4.79 Å². The molecule has 1 N–H and O–H groups in total. The highest BCUT2D eigenvalue weighted by molar-refractivity contribution is 5.68. The van der Waals surface area contributed by atoms with Crippen molar-refractivity contribution in [2.24, 2.45) is 0 Å². The van der Waals surface area contributed by atoms with E-state index in [0.717, 1.165) is 19.3 Å². The molecule has 0 aromatic carbocycles. The van der Waals surface area contributed by atoms with Gasteiger partial charge in [0.05, 0.1) is 0 Å². The zero-order valence-corrected chi connectivity index (χ0v) is 12.1. The van der Waals surface area contributed by atoms with Crippen LogP contribution in [0.1, 0.15) is 73.1 Å². The summed E-state index contributed by atoms with van der Waals surface area (Å²) in [5.41, 5.74) is -0.412. The van der Waals surface area contributed by atoms with Gasteiger partial charge in [0.15, 0.2) is 0 Å². The molecule has 0 rings (SSSR count). The Morgan fingerprint density at radius 2 is 1.76 bits per heavy atom. The summed E-state index contributed by atoms with van der Waals surface area (Å²) in [5.74, 6) is 0. The van der Waals surface area contributed by atoms with Crippen molar-refractivity contribution in [3.05, 3.63) is 0 Å². The maximum atomic E-state index is 11.6. The number of carbonyl (C=O) groups excluding carboxylic acids is 1. The second-order valence-electron chi connectivity index (χ2n) is 5.63. The average Bonchev–Trinajstić information content (AvgIpc) is 2.15. The number of rotatable bonds is 7. The van der Waals surface area contributed by atoms with Gasteiger partial charge < -0.3 is 10.1 Å². The monoisotopic (exact) mass is 243 g/mol. The first-order valence-corrected chi connectivity index (χ1v) is 6.88. The third-order valence-electron chi connectivity index (χ3n) is 2.51. The minimum Gasteiger partial charge on any atom is -0.444 e. The van der Waals surface area contributed by atoms with E-state index < -0.39 is 5.60 Å². The van der Waals surface area contributed by atoms with Crippen molar-refractivity contribution < 1.29 is 9.53 Å². The summed E-state index contributed by atoms with van der Waals surface area (Å²) in [6, 6.07) is 0.265. The number of amides is 1. The number of alkyl carbamates (subject to hydrolysis) is 1. The van der Waals surface area contributed by atoms with Crippen LogP contribution in [0.5, 0.6) is 0 Å². The molecule has 0 aromatic heterocycles. The van der Waals surface area contributed by atoms with Crippen molar-refractivity contribution in [2.75, 3.05) is 0 Å². The van der Waals surface area contributed by atoms with Gasteiger partial charge in [0.1, 0.15) is 5.60 Å². The van der Waals surface area contributed by atoms with Gasteiger partial charge in [-0.2, -0.15) is 0 Å². The Kier molecular flexibility index (Phi) is 8.01. The van der Waals surface area contributed by atoms with Gasteiger partial charge >= 0.3 is 6.09 Å². The fourth-order valence-electron chi connectivity index (χ4n) is 1.75. The van der Waals surface area contributed by atoms with E-state index >= 15 is 0 Å². The minimum absolute atomic E-state index is 0.265. The highest BCUT2D eigenvalue weighted by Gasteiger charge is 2.18. The Morgan fingerprint density at radius 1 is 1.12 bits per heavy atom. The molecule has 0 aliphatic rings. The molecule has 102 valence electrons. The van der Waals surface area contributed by atoms with E-state index in [1.165, 1.54) is 19.3 Å². The summed E-state index contributed by atoms with van der Waals surface area (Å²) >= 11 is 0. The topological polar surface area (TPSA) is 38.3 Å². The molecular weight excluding hydrogens is 214 g/mol. The molecule has 3 heteroatoms. The molecule has 0 aliphatic carbocycles. The van der Waals surface area contributed by atoms with Crippen LogP contribution in [0.2, 0.25) is 0 Å². The fraction of sp³-hybridized carbons (Fsp3) is 0.929. The highest BCUT2D eigenvalue weighted by atomic mass is 16.6. The van der Waals surface area contributed by atoms with Crippen molar-refractivity contribution in [2.45, 2.75) is 84.8 Å². The molecule has 1 atom stereocenters. The van der Waals surface area contributed by atoms with Gasteiger partial charge in [-0.05, 0) is 33.6 Å². The molecule has 0 fully saturated rings. The minimum atomic E-state index is -0.412. The van der Waals surface area contributed by atoms with Crippen LogP contribution in [0.15, 0.2) is 0 Å². The van der Waals surface area contributed by atoms with Gasteiger partial charge in [-0.1, -0.05) is 39.5 Å². The van der Waals surface area contributed by atoms with E-state index in [1.807, 2.05) is 20.8 Å². The molecule has 0 spiro atoms. The molecule has 0 saturated heterocycles. The van der Waals surface area contributed by atoms with E-state index in [1.54, 1.807) is 0 Å². The van der Waals surface area contributed by atoms with E-state index in [0.29, 0.717) is 0 Å². The van der Waals surface area contributed by atoms with Crippen LogP contribution in [-0.4, -0.2) is 17.7 Å². The quantitative estimate of drug-likeness (QED) is 0.678. The number of unbranched alkanes of at least 4 members (excludes halogenated alkanes) is 2. The smallest absolute Gasteiger partial charge is 0.407 e. The van der Waals surface area contributed by atoms with Crippen molar-refractivity contribution in [1.82, 2.24) is 5.32 Å². The largest absolute Gasteiger partial charge is 0.444 e. The lowest BCUT2D eigenvalue weighted by molar-refractivity contribution is 0.0498. The number of hydrogen-bond acceptors (Lipinski definition) is 2. The van der Waals surface area contributed by atoms with E-state index in [9.17, 15) is 4.79 Å². The predicted octanol–water partition coefficient (Wildman–Crippen LogP) is 4.26. The molecule has 3 nitrogen and oxygen atoms in total. The zero-order chi connectivity index (χ0) is 13.3. The second-order valence-corrected chi connectivity index (χ2v) is 5.63. The van der Waals surface area contributed by atoms with Crippen molar-refractivity contribution >= 4 is 6.09 Å². The molecule has 0 bridgehead atoms. The van der Waals surface area contributed by atoms with Gasteiger partial charge in [0.2, 0.25) is 0 Å². The molecule has 0 heterocycles. The van der Waals surface area contributed by atoms with Crippen molar-refractivity contribution in [3.63, 3.8) is 0 Å². The zero-order valence-electron chi connectivity index (χ0n) is 12.1. The molecule has 17 heavy (non-hydrogen) atoms. The maximum Gasteiger partial charge on any atom is 0.407 e. The molecule has 0 radical (unpaired) electrons. The molecule has 1 unspecified atom stereocenters. The van der Waals surface area contributed by atoms with Gasteiger partial charge in [-0.3, -0.25) is 0 Å². The Labute approximate surface area is 106 Å². The van der Waals surface area contributed by atoms with Crippen LogP contribution in [0.3, 0.4) is 0 Å². The molecule has 1 amide bonds. The Hall–Kier alpha value is -0.730. The standard InChI is InChI=1S/C14H29NO2/c1-6-8-9-11-12(10-7-2)15-13(16)17-14(3,4)5/h12H,6-11H2,1-5H3,(H,15,16).